The van der Waals surface area contributed by atoms with Crippen molar-refractivity contribution >= 4 is 123 Å². The zero-order chi connectivity index (χ0) is 84.1. The summed E-state index contributed by atoms with van der Waals surface area (Å²) in [6.45, 7) is 15.8. The summed E-state index contributed by atoms with van der Waals surface area (Å²) in [6.07, 6.45) is 0. The quantitative estimate of drug-likeness (QED) is 0.114. The van der Waals surface area contributed by atoms with E-state index >= 15 is 0 Å². The van der Waals surface area contributed by atoms with Crippen LogP contribution >= 0.6 is 0 Å². The molecule has 0 bridgehead atoms. The van der Waals surface area contributed by atoms with Crippen LogP contribution in [-0.2, 0) is 10.8 Å². The Morgan fingerprint density at radius 2 is 0.516 bits per heavy atom. The van der Waals surface area contributed by atoms with E-state index in [1.165, 1.54) is 89.0 Å². The molecule has 0 N–H and O–H groups in total. The van der Waals surface area contributed by atoms with Crippen LogP contribution in [0.1, 0.15) is 55.6 Å². The number of hydrogen-bond acceptors (Lipinski definition) is 6. The first-order valence-corrected chi connectivity index (χ1v) is 42.3. The molecule has 20 aromatic rings. The van der Waals surface area contributed by atoms with Gasteiger partial charge in [-0.2, -0.15) is 10.5 Å². The molecule has 0 heterocycles. The van der Waals surface area contributed by atoms with Crippen LogP contribution in [0.15, 0.2) is 437 Å². The highest BCUT2D eigenvalue weighted by Crippen LogP contribution is 2.66. The Bertz CT molecular complexity index is 7590. The van der Waals surface area contributed by atoms with Crippen molar-refractivity contribution in [2.24, 2.45) is 0 Å². The first-order valence-electron chi connectivity index (χ1n) is 42.3. The number of nitrogens with zero attached hydrogens (tertiary/aromatic N) is 8. The van der Waals surface area contributed by atoms with Crippen LogP contribution in [0.4, 0.5) is 79.6 Å². The molecule has 0 unspecified atom stereocenters. The van der Waals surface area contributed by atoms with Gasteiger partial charge in [-0.3, -0.25) is 0 Å². The van der Waals surface area contributed by atoms with E-state index in [-0.39, 0.29) is 0 Å². The van der Waals surface area contributed by atoms with Crippen molar-refractivity contribution in [3.05, 3.63) is 515 Å². The molecule has 0 aliphatic heterocycles. The summed E-state index contributed by atoms with van der Waals surface area (Å²) in [5.41, 5.74) is 33.1. The summed E-state index contributed by atoms with van der Waals surface area (Å²) >= 11 is 0. The molecule has 126 heavy (non-hydrogen) atoms. The Hall–Kier alpha value is -17.4. The third kappa shape index (κ3) is 11.6. The number of para-hydroxylation sites is 7. The van der Waals surface area contributed by atoms with Crippen LogP contribution < -0.4 is 19.6 Å². The molecular weight excluding hydrogens is 1530 g/mol. The Morgan fingerprint density at radius 3 is 0.897 bits per heavy atom. The van der Waals surface area contributed by atoms with Gasteiger partial charge >= 0.3 is 0 Å². The third-order valence-corrected chi connectivity index (χ3v) is 26.0. The average Bonchev–Trinajstić information content (AvgIpc) is 1.51. The second kappa shape index (κ2) is 29.8. The molecule has 0 aromatic heterocycles. The van der Waals surface area contributed by atoms with Crippen molar-refractivity contribution in [2.75, 3.05) is 19.6 Å². The fourth-order valence-electron chi connectivity index (χ4n) is 20.7. The maximum absolute atomic E-state index is 10.3. The van der Waals surface area contributed by atoms with Crippen molar-refractivity contribution in [2.45, 2.75) is 10.8 Å². The largest absolute Gasteiger partial charge is 0.320 e. The predicted molar refractivity (Wildman–Crippen MR) is 516 cm³/mol. The summed E-state index contributed by atoms with van der Waals surface area (Å²) in [4.78, 5) is 16.6. The highest BCUT2D eigenvalue weighted by Gasteiger charge is 2.54. The van der Waals surface area contributed by atoms with E-state index in [1.807, 2.05) is 133 Å². The molecule has 4 aliphatic carbocycles. The molecule has 0 saturated heterocycles. The van der Waals surface area contributed by atoms with Crippen molar-refractivity contribution in [1.29, 1.82) is 10.5 Å². The summed E-state index contributed by atoms with van der Waals surface area (Å²) in [7, 11) is 0. The van der Waals surface area contributed by atoms with E-state index in [1.54, 1.807) is 0 Å². The lowest BCUT2D eigenvalue weighted by Gasteiger charge is -2.31. The SMILES string of the molecule is [C-]#[N+]c1cccc(N(c2ccccc2)c2ccc3cc4c(cc3c2)C2(c3ccccc3-c3ccccc32)c2cc3cc(N(c5ccccc5)c5cccc(C#N)c5)ccc3cc2-4)c1.[C-]#[N+]c1ccccc1N(c1ccccc1)c1ccc2cc3c(cc2c1)C1(c2ccccc2-c2ccccc21)c1cc2cc(N(c4ccccc4)c4ccccc4C#N)ccc2cc1-3. The first kappa shape index (κ1) is 73.7. The summed E-state index contributed by atoms with van der Waals surface area (Å²) < 4.78 is 0. The van der Waals surface area contributed by atoms with E-state index in [4.69, 9.17) is 13.1 Å². The molecule has 584 valence electrons. The number of nitriles is 2. The van der Waals surface area contributed by atoms with Gasteiger partial charge in [0.1, 0.15) is 6.07 Å². The lowest BCUT2D eigenvalue weighted by atomic mass is 9.70. The minimum Gasteiger partial charge on any atom is -0.320 e. The maximum atomic E-state index is 10.3. The highest BCUT2D eigenvalue weighted by molar-refractivity contribution is 6.08. The van der Waals surface area contributed by atoms with E-state index < -0.39 is 10.8 Å². The highest BCUT2D eigenvalue weighted by atomic mass is 15.2. The average molecular weight is 1600 g/mol. The second-order valence-electron chi connectivity index (χ2n) is 32.6. The molecule has 8 nitrogen and oxygen atoms in total. The zero-order valence-corrected chi connectivity index (χ0v) is 68.1. The molecule has 4 aliphatic rings. The monoisotopic (exact) mass is 1600 g/mol. The Labute approximate surface area is 730 Å². The topological polar surface area (TPSA) is 69.3 Å². The third-order valence-electron chi connectivity index (χ3n) is 26.0. The molecule has 0 saturated carbocycles. The molecule has 0 atom stereocenters. The van der Waals surface area contributed by atoms with Gasteiger partial charge < -0.3 is 19.6 Å². The Kier molecular flexibility index (Phi) is 17.4. The van der Waals surface area contributed by atoms with Crippen molar-refractivity contribution in [3.63, 3.8) is 0 Å². The van der Waals surface area contributed by atoms with Crippen LogP contribution in [0, 0.1) is 35.8 Å². The normalized spacial score (nSPS) is 12.5. The maximum Gasteiger partial charge on any atom is 0.210 e. The van der Waals surface area contributed by atoms with Gasteiger partial charge in [0, 0.05) is 56.9 Å². The zero-order valence-electron chi connectivity index (χ0n) is 68.1. The minimum atomic E-state index is -0.575. The van der Waals surface area contributed by atoms with Crippen LogP contribution in [0.2, 0.25) is 0 Å². The standard InChI is InChI=1S/2C59H36N4/c1-61-56-25-13-15-27-58(56)63(45-19-6-3-7-20-45)47-31-29-40-35-51-50-34-39-28-30-46(62(44-17-4-2-5-18-44)57-26-14-8-16-41(57)38-60)32-42(39)36-54(50)59(55(51)37-43(40)33-47)52-23-11-9-21-48(52)49-22-10-12-24-53(49)59;1-61-44-15-13-21-48(37-44)63(46-18-6-3-7-19-46)50-29-27-41-34-54-53-33-40-26-28-49(62(45-16-4-2-5-17-45)47-20-12-14-39(30-47)38-60)31-42(40)35-57(53)59(58(54)36-43(41)32-50)55-24-10-8-22-51(55)52-23-9-11-25-56(52)59/h2*2-37H. The van der Waals surface area contributed by atoms with E-state index in [2.05, 4.69) is 345 Å². The number of rotatable bonds is 12. The lowest BCUT2D eigenvalue weighted by Crippen LogP contribution is -2.25. The van der Waals surface area contributed by atoms with E-state index in [9.17, 15) is 10.5 Å². The van der Waals surface area contributed by atoms with Crippen LogP contribution in [-0.4, -0.2) is 0 Å². The van der Waals surface area contributed by atoms with Crippen molar-refractivity contribution in [3.8, 4) is 56.6 Å². The van der Waals surface area contributed by atoms with E-state index in [0.29, 0.717) is 22.5 Å². The molecule has 0 fully saturated rings. The molecule has 2 spiro atoms. The number of benzene rings is 20. The van der Waals surface area contributed by atoms with Crippen molar-refractivity contribution in [1.82, 2.24) is 0 Å². The molecule has 8 heteroatoms. The van der Waals surface area contributed by atoms with Gasteiger partial charge in [0.15, 0.2) is 5.69 Å². The Balaban J connectivity index is 0.000000145. The fourth-order valence-corrected chi connectivity index (χ4v) is 20.7. The van der Waals surface area contributed by atoms with Gasteiger partial charge in [0.2, 0.25) is 5.69 Å². The molecule has 0 amide bonds. The predicted octanol–water partition coefficient (Wildman–Crippen LogP) is 31.4. The Morgan fingerprint density at radius 1 is 0.206 bits per heavy atom. The number of anilines is 12. The van der Waals surface area contributed by atoms with Crippen LogP contribution in [0.3, 0.4) is 0 Å². The molecule has 0 radical (unpaired) electrons. The van der Waals surface area contributed by atoms with Gasteiger partial charge in [0.05, 0.1) is 52.5 Å². The number of hydrogen-bond donors (Lipinski definition) is 0. The second-order valence-corrected chi connectivity index (χ2v) is 32.6. The molecule has 20 aromatic carbocycles. The van der Waals surface area contributed by atoms with Crippen LogP contribution in [0.5, 0.6) is 0 Å². The van der Waals surface area contributed by atoms with Gasteiger partial charge in [-0.05, 0) is 326 Å². The van der Waals surface area contributed by atoms with Crippen LogP contribution in [0.25, 0.3) is 97.3 Å². The van der Waals surface area contributed by atoms with Gasteiger partial charge in [-0.15, -0.1) is 0 Å². The van der Waals surface area contributed by atoms with Gasteiger partial charge in [-0.25, -0.2) is 9.69 Å². The smallest absolute Gasteiger partial charge is 0.210 e. The van der Waals surface area contributed by atoms with E-state index in [0.717, 1.165) is 111 Å². The van der Waals surface area contributed by atoms with Gasteiger partial charge in [-0.1, -0.05) is 243 Å². The molecule has 24 rings (SSSR count). The fraction of sp³-hybridized carbons (Fsp3) is 0.0169. The minimum absolute atomic E-state index is 0.560. The van der Waals surface area contributed by atoms with Crippen molar-refractivity contribution < 1.29 is 0 Å². The first-order chi connectivity index (χ1) is 62.3. The molecular formula is C118H72N8. The number of fused-ring (bicyclic) bond motifs is 24. The summed E-state index contributed by atoms with van der Waals surface area (Å²) in [5, 5.41) is 29.3. The summed E-state index contributed by atoms with van der Waals surface area (Å²) in [6, 6.07) is 159. The lowest BCUT2D eigenvalue weighted by molar-refractivity contribution is 0.796. The van der Waals surface area contributed by atoms with Gasteiger partial charge in [0.25, 0.3) is 0 Å². The summed E-state index contributed by atoms with van der Waals surface area (Å²) in [5.74, 6) is 0.